The molecule has 0 radical (unpaired) electrons. The smallest absolute Gasteiger partial charge is 0.336 e. The highest BCUT2D eigenvalue weighted by atomic mass is 32.1. The van der Waals surface area contributed by atoms with Crippen molar-refractivity contribution >= 4 is 22.3 Å². The van der Waals surface area contributed by atoms with Crippen LogP contribution < -0.4 is 5.63 Å². The first kappa shape index (κ1) is 18.1. The van der Waals surface area contributed by atoms with Crippen molar-refractivity contribution in [2.75, 3.05) is 13.2 Å². The lowest BCUT2D eigenvalue weighted by Crippen LogP contribution is -2.31. The lowest BCUT2D eigenvalue weighted by molar-refractivity contribution is 0.0683. The largest absolute Gasteiger partial charge is 0.423 e. The van der Waals surface area contributed by atoms with E-state index in [1.54, 1.807) is 17.4 Å². The van der Waals surface area contributed by atoms with Gasteiger partial charge in [0.25, 0.3) is 0 Å². The van der Waals surface area contributed by atoms with Gasteiger partial charge in [0.2, 0.25) is 0 Å². The highest BCUT2D eigenvalue weighted by molar-refractivity contribution is 7.09. The van der Waals surface area contributed by atoms with E-state index in [0.29, 0.717) is 0 Å². The molecule has 5 rings (SSSR count). The maximum absolute atomic E-state index is 12.2. The predicted octanol–water partition coefficient (Wildman–Crippen LogP) is 4.52. The van der Waals surface area contributed by atoms with Gasteiger partial charge in [-0.1, -0.05) is 6.07 Å². The minimum absolute atomic E-state index is 0.256. The van der Waals surface area contributed by atoms with Crippen LogP contribution in [0.2, 0.25) is 0 Å². The van der Waals surface area contributed by atoms with Crippen LogP contribution in [0.1, 0.15) is 40.8 Å². The van der Waals surface area contributed by atoms with Crippen LogP contribution in [0.15, 0.2) is 44.9 Å². The maximum Gasteiger partial charge on any atom is 0.336 e. The van der Waals surface area contributed by atoms with Crippen molar-refractivity contribution in [2.24, 2.45) is 0 Å². The Labute approximate surface area is 168 Å². The Morgan fingerprint density at radius 3 is 2.79 bits per heavy atom. The highest BCUT2D eigenvalue weighted by Gasteiger charge is 2.22. The van der Waals surface area contributed by atoms with Gasteiger partial charge in [0.15, 0.2) is 0 Å². The molecule has 1 aliphatic heterocycles. The SMILES string of the molecule is O=c1cc(CN(Cc2cccs2)C[C@H]2CCCO2)c2cc3c(cc2o1)CCC3. The molecule has 0 saturated carbocycles. The summed E-state index contributed by atoms with van der Waals surface area (Å²) in [7, 11) is 0. The number of aryl methyl sites for hydroxylation is 2. The minimum Gasteiger partial charge on any atom is -0.423 e. The number of nitrogens with zero attached hydrogens (tertiary/aromatic N) is 1. The maximum atomic E-state index is 12.2. The van der Waals surface area contributed by atoms with E-state index >= 15 is 0 Å². The molecular weight excluding hydrogens is 370 g/mol. The van der Waals surface area contributed by atoms with E-state index in [4.69, 9.17) is 9.15 Å². The second kappa shape index (κ2) is 7.82. The standard InChI is InChI=1S/C23H25NO3S/c25-23-12-18(21-10-16-4-1-5-17(16)11-22(21)27-23)13-24(14-19-6-2-8-26-19)15-20-7-3-9-28-20/h3,7,9-12,19H,1-2,4-6,8,13-15H2/t19-/m1/s1. The number of hydrogen-bond acceptors (Lipinski definition) is 5. The van der Waals surface area contributed by atoms with Crippen molar-refractivity contribution in [1.29, 1.82) is 0 Å². The van der Waals surface area contributed by atoms with Gasteiger partial charge in [-0.3, -0.25) is 4.90 Å². The third-order valence-corrected chi connectivity index (χ3v) is 6.74. The van der Waals surface area contributed by atoms with Gasteiger partial charge in [-0.25, -0.2) is 4.79 Å². The summed E-state index contributed by atoms with van der Waals surface area (Å²) in [5, 5.41) is 3.21. The summed E-state index contributed by atoms with van der Waals surface area (Å²) in [6.07, 6.45) is 5.94. The van der Waals surface area contributed by atoms with E-state index in [9.17, 15) is 4.79 Å². The topological polar surface area (TPSA) is 42.7 Å². The molecule has 0 bridgehead atoms. The zero-order valence-electron chi connectivity index (χ0n) is 16.0. The average Bonchev–Trinajstić information content (AvgIpc) is 3.42. The van der Waals surface area contributed by atoms with Crippen LogP contribution in [0.5, 0.6) is 0 Å². The summed E-state index contributed by atoms with van der Waals surface area (Å²) in [6, 6.07) is 10.3. The van der Waals surface area contributed by atoms with Crippen LogP contribution in [0.25, 0.3) is 11.0 Å². The van der Waals surface area contributed by atoms with Gasteiger partial charge in [0.05, 0.1) is 6.10 Å². The summed E-state index contributed by atoms with van der Waals surface area (Å²) in [5.41, 5.74) is 4.29. The Morgan fingerprint density at radius 1 is 1.11 bits per heavy atom. The van der Waals surface area contributed by atoms with Crippen LogP contribution >= 0.6 is 11.3 Å². The minimum atomic E-state index is -0.256. The van der Waals surface area contributed by atoms with E-state index in [0.717, 1.165) is 68.5 Å². The Hall–Kier alpha value is -1.95. The summed E-state index contributed by atoms with van der Waals surface area (Å²) in [6.45, 7) is 3.37. The lowest BCUT2D eigenvalue weighted by Gasteiger charge is -2.25. The third kappa shape index (κ3) is 3.79. The van der Waals surface area contributed by atoms with Gasteiger partial charge in [-0.15, -0.1) is 11.3 Å². The fourth-order valence-electron chi connectivity index (χ4n) is 4.55. The third-order valence-electron chi connectivity index (χ3n) is 5.88. The van der Waals surface area contributed by atoms with Crippen molar-refractivity contribution in [3.63, 3.8) is 0 Å². The molecule has 3 heterocycles. The van der Waals surface area contributed by atoms with E-state index < -0.39 is 0 Å². The molecule has 0 spiro atoms. The van der Waals surface area contributed by atoms with Gasteiger partial charge < -0.3 is 9.15 Å². The van der Waals surface area contributed by atoms with Crippen molar-refractivity contribution in [1.82, 2.24) is 4.90 Å². The fraction of sp³-hybridized carbons (Fsp3) is 0.435. The fourth-order valence-corrected chi connectivity index (χ4v) is 5.30. The lowest BCUT2D eigenvalue weighted by atomic mass is 10.0. The van der Waals surface area contributed by atoms with Crippen LogP contribution in [0, 0.1) is 0 Å². The molecule has 0 amide bonds. The van der Waals surface area contributed by atoms with E-state index in [2.05, 4.69) is 34.5 Å². The van der Waals surface area contributed by atoms with Gasteiger partial charge in [0.1, 0.15) is 5.58 Å². The normalized spacial score (nSPS) is 19.0. The number of thiophene rings is 1. The molecule has 2 aromatic heterocycles. The number of benzene rings is 1. The molecule has 1 atom stereocenters. The van der Waals surface area contributed by atoms with Crippen LogP contribution in [0.4, 0.5) is 0 Å². The second-order valence-electron chi connectivity index (χ2n) is 7.95. The van der Waals surface area contributed by atoms with E-state index in [-0.39, 0.29) is 11.7 Å². The molecule has 3 aromatic rings. The number of ether oxygens (including phenoxy) is 1. The average molecular weight is 396 g/mol. The molecular formula is C23H25NO3S. The summed E-state index contributed by atoms with van der Waals surface area (Å²) >= 11 is 1.78. The quantitative estimate of drug-likeness (QED) is 0.576. The summed E-state index contributed by atoms with van der Waals surface area (Å²) in [4.78, 5) is 16.0. The molecule has 5 heteroatoms. The highest BCUT2D eigenvalue weighted by Crippen LogP contribution is 2.29. The van der Waals surface area contributed by atoms with Crippen LogP contribution in [-0.2, 0) is 30.7 Å². The monoisotopic (exact) mass is 395 g/mol. The first-order valence-electron chi connectivity index (χ1n) is 10.2. The zero-order valence-corrected chi connectivity index (χ0v) is 16.8. The summed E-state index contributed by atoms with van der Waals surface area (Å²) < 4.78 is 11.4. The Morgan fingerprint density at radius 2 is 2.00 bits per heavy atom. The Balaban J connectivity index is 1.48. The molecule has 4 nitrogen and oxygen atoms in total. The van der Waals surface area contributed by atoms with Gasteiger partial charge >= 0.3 is 5.63 Å². The molecule has 146 valence electrons. The van der Waals surface area contributed by atoms with Crippen molar-refractivity contribution < 1.29 is 9.15 Å². The van der Waals surface area contributed by atoms with Crippen LogP contribution in [-0.4, -0.2) is 24.2 Å². The van der Waals surface area contributed by atoms with Crippen molar-refractivity contribution in [2.45, 2.75) is 51.3 Å². The van der Waals surface area contributed by atoms with E-state index in [1.165, 1.54) is 22.4 Å². The number of hydrogen-bond donors (Lipinski definition) is 0. The van der Waals surface area contributed by atoms with Crippen molar-refractivity contribution in [3.8, 4) is 0 Å². The molecule has 0 unspecified atom stereocenters. The molecule has 0 N–H and O–H groups in total. The Bertz CT molecular complexity index is 1020. The number of fused-ring (bicyclic) bond motifs is 2. The molecule has 1 aliphatic carbocycles. The van der Waals surface area contributed by atoms with Gasteiger partial charge in [0, 0.05) is 42.6 Å². The second-order valence-corrected chi connectivity index (χ2v) is 8.98. The molecule has 1 fully saturated rings. The summed E-state index contributed by atoms with van der Waals surface area (Å²) in [5.74, 6) is 0. The molecule has 1 aromatic carbocycles. The predicted molar refractivity (Wildman–Crippen MR) is 112 cm³/mol. The Kier molecular flexibility index (Phi) is 5.05. The van der Waals surface area contributed by atoms with Gasteiger partial charge in [-0.05, 0) is 72.4 Å². The molecule has 1 saturated heterocycles. The molecule has 2 aliphatic rings. The first-order chi connectivity index (χ1) is 13.7. The first-order valence-corrected chi connectivity index (χ1v) is 11.1. The van der Waals surface area contributed by atoms with Crippen molar-refractivity contribution in [3.05, 3.63) is 67.7 Å². The van der Waals surface area contributed by atoms with Gasteiger partial charge in [-0.2, -0.15) is 0 Å². The number of rotatable bonds is 6. The van der Waals surface area contributed by atoms with Crippen LogP contribution in [0.3, 0.4) is 0 Å². The zero-order chi connectivity index (χ0) is 18.9. The van der Waals surface area contributed by atoms with E-state index in [1.807, 2.05) is 0 Å². The molecule has 28 heavy (non-hydrogen) atoms.